The van der Waals surface area contributed by atoms with Crippen LogP contribution in [-0.4, -0.2) is 25.2 Å². The van der Waals surface area contributed by atoms with Gasteiger partial charge in [-0.05, 0) is 232 Å². The van der Waals surface area contributed by atoms with Crippen LogP contribution >= 0.6 is 0 Å². The lowest BCUT2D eigenvalue weighted by molar-refractivity contribution is 0.0724. The molecule has 14 rings (SSSR count). The fraction of sp³-hybridized carbons (Fsp3) is 0.348. The number of carbonyl (C=O) groups is 2. The molecular formula is C89H92O6. The van der Waals surface area contributed by atoms with E-state index in [1.807, 2.05) is 84.9 Å². The number of fused-ring (bicyclic) bond motifs is 5. The van der Waals surface area contributed by atoms with E-state index in [0.29, 0.717) is 64.2 Å². The number of rotatable bonds is 25. The maximum atomic E-state index is 15.4. The fourth-order valence-electron chi connectivity index (χ4n) is 16.8. The number of carbonyl (C=O) groups excluding carboxylic acids is 2. The monoisotopic (exact) mass is 1260 g/mol. The third-order valence-electron chi connectivity index (χ3n) is 22.2. The van der Waals surface area contributed by atoms with Crippen molar-refractivity contribution in [3.8, 4) is 78.6 Å². The Morgan fingerprint density at radius 2 is 0.800 bits per heavy atom. The predicted octanol–water partition coefficient (Wildman–Crippen LogP) is 24.3. The standard InChI is InChI=1S/C89H92O6/c1-5-8-10-16-55-92-75-47-43-66(44-48-75)63-31-39-71(40-32-63)87(90)94-85-79(69-35-27-62(28-36-69)61-25-23-60(18-7-3)24-26-61)57-73-19-12-14-21-77(73)81(85)82-78-22-15-13-20-74(78)58-80(70-37-29-65(30-38-70)68-51-53-89(54-52-68)83-59(4)84(83)89)86(82)95-88(91)72-41-33-64(34-42-72)67-45-49-76(50-46-67)93-56-17-11-9-6-2/h12-15,19-22,27-50,57-61,68,83-84H,5-11,16-18,23-26,51-56H2,1-4H3. The largest absolute Gasteiger partial charge is 0.494 e. The molecular weight excluding hydrogens is 1160 g/mol. The summed E-state index contributed by atoms with van der Waals surface area (Å²) in [6, 6.07) is 70.9. The van der Waals surface area contributed by atoms with Crippen molar-refractivity contribution in [2.45, 2.75) is 155 Å². The van der Waals surface area contributed by atoms with E-state index in [1.54, 1.807) is 0 Å². The Labute approximate surface area is 563 Å². The first-order valence-electron chi connectivity index (χ1n) is 36.1. The summed E-state index contributed by atoms with van der Waals surface area (Å²) in [5.74, 6) is 6.16. The normalized spacial score (nSPS) is 20.3. The average molecular weight is 1260 g/mol. The molecule has 0 bridgehead atoms. The molecule has 95 heavy (non-hydrogen) atoms. The lowest BCUT2D eigenvalue weighted by Crippen LogP contribution is -2.23. The average Bonchev–Trinajstić information content (AvgIpc) is 1.47. The van der Waals surface area contributed by atoms with Crippen LogP contribution in [0.1, 0.15) is 187 Å². The molecule has 4 aliphatic rings. The van der Waals surface area contributed by atoms with Crippen LogP contribution in [0.4, 0.5) is 0 Å². The van der Waals surface area contributed by atoms with Gasteiger partial charge in [-0.3, -0.25) is 0 Å². The van der Waals surface area contributed by atoms with Crippen LogP contribution in [0.25, 0.3) is 77.2 Å². The number of unbranched alkanes of at least 4 members (excludes halogenated alkanes) is 6. The molecule has 10 aromatic carbocycles. The zero-order chi connectivity index (χ0) is 64.8. The Morgan fingerprint density at radius 3 is 1.20 bits per heavy atom. The van der Waals surface area contributed by atoms with E-state index in [1.165, 1.54) is 114 Å². The first kappa shape index (κ1) is 63.6. The van der Waals surface area contributed by atoms with Crippen LogP contribution in [0.2, 0.25) is 0 Å². The molecule has 4 fully saturated rings. The molecule has 0 radical (unpaired) electrons. The minimum absolute atomic E-state index is 0.390. The van der Waals surface area contributed by atoms with E-state index in [0.717, 1.165) is 114 Å². The van der Waals surface area contributed by atoms with Gasteiger partial charge in [0.1, 0.15) is 23.0 Å². The van der Waals surface area contributed by atoms with Crippen molar-refractivity contribution < 1.29 is 28.5 Å². The van der Waals surface area contributed by atoms with E-state index in [-0.39, 0.29) is 0 Å². The van der Waals surface area contributed by atoms with E-state index in [2.05, 4.69) is 149 Å². The van der Waals surface area contributed by atoms with Crippen molar-refractivity contribution in [1.82, 2.24) is 0 Å². The highest BCUT2D eigenvalue weighted by Gasteiger charge is 2.80. The van der Waals surface area contributed by atoms with Crippen LogP contribution < -0.4 is 18.9 Å². The van der Waals surface area contributed by atoms with Crippen molar-refractivity contribution >= 4 is 33.5 Å². The molecule has 10 aromatic rings. The summed E-state index contributed by atoms with van der Waals surface area (Å²) in [4.78, 5) is 30.9. The van der Waals surface area contributed by atoms with Crippen molar-refractivity contribution in [3.05, 3.63) is 229 Å². The Hall–Kier alpha value is -8.74. The second-order valence-corrected chi connectivity index (χ2v) is 28.2. The molecule has 6 heteroatoms. The van der Waals surface area contributed by atoms with Gasteiger partial charge in [-0.2, -0.15) is 0 Å². The summed E-state index contributed by atoms with van der Waals surface area (Å²) in [5.41, 5.74) is 12.9. The maximum absolute atomic E-state index is 15.4. The Bertz CT molecular complexity index is 4270. The molecule has 2 unspecified atom stereocenters. The lowest BCUT2D eigenvalue weighted by atomic mass is 9.70. The van der Waals surface area contributed by atoms with Crippen LogP contribution in [0, 0.1) is 29.1 Å². The summed E-state index contributed by atoms with van der Waals surface area (Å²) >= 11 is 0. The van der Waals surface area contributed by atoms with Gasteiger partial charge in [-0.15, -0.1) is 0 Å². The number of benzene rings is 10. The van der Waals surface area contributed by atoms with Gasteiger partial charge in [0.25, 0.3) is 0 Å². The highest BCUT2D eigenvalue weighted by atomic mass is 16.5. The van der Waals surface area contributed by atoms with Crippen molar-refractivity contribution in [2.24, 2.45) is 29.1 Å². The molecule has 6 nitrogen and oxygen atoms in total. The summed E-state index contributed by atoms with van der Waals surface area (Å²) in [6.07, 6.45) is 21.8. The van der Waals surface area contributed by atoms with E-state index >= 15 is 9.59 Å². The van der Waals surface area contributed by atoms with E-state index < -0.39 is 11.9 Å². The number of esters is 2. The smallest absolute Gasteiger partial charge is 0.343 e. The molecule has 4 saturated carbocycles. The quantitative estimate of drug-likeness (QED) is 0.0323. The summed E-state index contributed by atoms with van der Waals surface area (Å²) in [7, 11) is 0. The van der Waals surface area contributed by atoms with Crippen molar-refractivity contribution in [2.75, 3.05) is 13.2 Å². The minimum atomic E-state index is -0.497. The topological polar surface area (TPSA) is 71.1 Å². The van der Waals surface area contributed by atoms with Gasteiger partial charge in [-0.1, -0.05) is 225 Å². The van der Waals surface area contributed by atoms with Gasteiger partial charge in [0.05, 0.1) is 24.3 Å². The molecule has 0 amide bonds. The van der Waals surface area contributed by atoms with Crippen molar-refractivity contribution in [3.63, 3.8) is 0 Å². The molecule has 2 atom stereocenters. The molecule has 0 N–H and O–H groups in total. The van der Waals surface area contributed by atoms with Crippen LogP contribution in [0.3, 0.4) is 0 Å². The predicted molar refractivity (Wildman–Crippen MR) is 390 cm³/mol. The summed E-state index contributed by atoms with van der Waals surface area (Å²) in [5, 5.41) is 3.63. The Morgan fingerprint density at radius 1 is 0.411 bits per heavy atom. The number of hydrogen-bond donors (Lipinski definition) is 0. The van der Waals surface area contributed by atoms with Gasteiger partial charge < -0.3 is 18.9 Å². The van der Waals surface area contributed by atoms with Gasteiger partial charge in [0, 0.05) is 22.3 Å². The molecule has 0 aliphatic heterocycles. The fourth-order valence-corrected chi connectivity index (χ4v) is 16.8. The van der Waals surface area contributed by atoms with Crippen LogP contribution in [-0.2, 0) is 0 Å². The molecule has 1 spiro atoms. The van der Waals surface area contributed by atoms with Gasteiger partial charge in [-0.25, -0.2) is 9.59 Å². The molecule has 0 heterocycles. The highest BCUT2D eigenvalue weighted by Crippen LogP contribution is 2.85. The molecule has 0 aromatic heterocycles. The SMILES string of the molecule is CCCCCCOc1ccc(-c2ccc(C(=O)Oc3c(-c4ccc(C5CCC(CCC)CC5)cc4)cc4ccccc4c3-c3c(OC(=O)c4ccc(-c5ccc(OCCCCCC)cc5)cc4)c(-c4ccc(C5CCC6(CC5)C5C(C)C56)cc4)cc4ccccc34)cc2)cc1. The first-order chi connectivity index (χ1) is 46.7. The summed E-state index contributed by atoms with van der Waals surface area (Å²) in [6.45, 7) is 10.6. The van der Waals surface area contributed by atoms with Gasteiger partial charge in [0.2, 0.25) is 0 Å². The third kappa shape index (κ3) is 13.6. The maximum Gasteiger partial charge on any atom is 0.343 e. The molecule has 4 aliphatic carbocycles. The first-order valence-corrected chi connectivity index (χ1v) is 36.1. The van der Waals surface area contributed by atoms with Gasteiger partial charge >= 0.3 is 11.9 Å². The van der Waals surface area contributed by atoms with Crippen LogP contribution in [0.5, 0.6) is 23.0 Å². The zero-order valence-corrected chi connectivity index (χ0v) is 56.2. The lowest BCUT2D eigenvalue weighted by Gasteiger charge is -2.34. The number of ether oxygens (including phenoxy) is 4. The van der Waals surface area contributed by atoms with Gasteiger partial charge in [0.15, 0.2) is 0 Å². The highest BCUT2D eigenvalue weighted by molar-refractivity contribution is 6.16. The van der Waals surface area contributed by atoms with E-state index in [4.69, 9.17) is 18.9 Å². The minimum Gasteiger partial charge on any atom is -0.494 e. The van der Waals surface area contributed by atoms with Crippen molar-refractivity contribution in [1.29, 1.82) is 0 Å². The molecule has 484 valence electrons. The zero-order valence-electron chi connectivity index (χ0n) is 56.2. The molecule has 0 saturated heterocycles. The summed E-state index contributed by atoms with van der Waals surface area (Å²) < 4.78 is 26.4. The van der Waals surface area contributed by atoms with Crippen LogP contribution in [0.15, 0.2) is 206 Å². The second-order valence-electron chi connectivity index (χ2n) is 28.2. The third-order valence-corrected chi connectivity index (χ3v) is 22.2. The van der Waals surface area contributed by atoms with E-state index in [9.17, 15) is 0 Å². The Kier molecular flexibility index (Phi) is 19.2. The Balaban J connectivity index is 0.873. The second kappa shape index (κ2) is 28.7. The number of hydrogen-bond acceptors (Lipinski definition) is 6.